The zero-order valence-electron chi connectivity index (χ0n) is 31.8. The zero-order valence-corrected chi connectivity index (χ0v) is 31.8. The largest absolute Gasteiger partial charge is 0.508 e. The van der Waals surface area contributed by atoms with E-state index in [0.29, 0.717) is 56.6 Å². The molecule has 3 aromatic carbocycles. The van der Waals surface area contributed by atoms with Crippen molar-refractivity contribution < 1.29 is 54.7 Å². The first kappa shape index (κ1) is 39.0. The fourth-order valence-electron chi connectivity index (χ4n) is 8.90. The van der Waals surface area contributed by atoms with Gasteiger partial charge in [-0.05, 0) is 74.0 Å². The lowest BCUT2D eigenvalue weighted by Gasteiger charge is -2.48. The van der Waals surface area contributed by atoms with Crippen LogP contribution in [0.15, 0.2) is 80.2 Å². The van der Waals surface area contributed by atoms with Crippen molar-refractivity contribution in [3.05, 3.63) is 93.1 Å². The summed E-state index contributed by atoms with van der Waals surface area (Å²) in [6.07, 6.45) is 3.58. The molecule has 57 heavy (non-hydrogen) atoms. The summed E-state index contributed by atoms with van der Waals surface area (Å²) in [5, 5.41) is 76.2. The number of hydrogen-bond donors (Lipinski definition) is 7. The summed E-state index contributed by atoms with van der Waals surface area (Å²) in [6, 6.07) is 10.4. The van der Waals surface area contributed by atoms with Gasteiger partial charge in [0.2, 0.25) is 0 Å². The number of aliphatic hydroxyl groups excluding tert-OH is 4. The number of aryl methyl sites for hydroxylation is 1. The Balaban J connectivity index is 1.16. The molecule has 1 fully saturated rings. The van der Waals surface area contributed by atoms with Crippen molar-refractivity contribution in [2.45, 2.75) is 94.4 Å². The minimum atomic E-state index is -2.35. The number of aromatic hydroxyl groups is 2. The lowest BCUT2D eigenvalue weighted by Crippen LogP contribution is -2.58. The summed E-state index contributed by atoms with van der Waals surface area (Å²) in [4.78, 5) is 32.1. The highest BCUT2D eigenvalue weighted by atomic mass is 17.2. The van der Waals surface area contributed by atoms with Crippen molar-refractivity contribution in [3.8, 4) is 17.2 Å². The molecule has 0 radical (unpaired) electrons. The quantitative estimate of drug-likeness (QED) is 0.0801. The average Bonchev–Trinajstić information content (AvgIpc) is 3.81. The molecule has 1 saturated carbocycles. The van der Waals surface area contributed by atoms with E-state index in [4.69, 9.17) is 18.9 Å². The Morgan fingerprint density at radius 2 is 1.82 bits per heavy atom. The SMILES string of the molecule is Cc1cc(=O)c2cc3c(c(N4C=C5N=CC=C5C4)c2o1)O[C@](C)(C1CCCCC1)[C@H](OOC[C@@](O)(Cc1ccc(O)c2ccc(O)cc12)[C@@H](O)[C@H](O)[C@H](O)CO)C3. The average molecular weight is 785 g/mol. The van der Waals surface area contributed by atoms with Gasteiger partial charge in [0, 0.05) is 53.8 Å². The molecule has 3 aliphatic heterocycles. The Kier molecular flexibility index (Phi) is 10.4. The monoisotopic (exact) mass is 784 g/mol. The van der Waals surface area contributed by atoms with Gasteiger partial charge in [0.15, 0.2) is 16.8 Å². The van der Waals surface area contributed by atoms with E-state index >= 15 is 0 Å². The normalized spacial score (nSPS) is 23.4. The van der Waals surface area contributed by atoms with Crippen LogP contribution in [-0.2, 0) is 22.6 Å². The van der Waals surface area contributed by atoms with Crippen LogP contribution in [0.2, 0.25) is 0 Å². The molecule has 6 atom stereocenters. The molecule has 4 aromatic rings. The number of hydrogen-bond acceptors (Lipinski definition) is 14. The van der Waals surface area contributed by atoms with Crippen molar-refractivity contribution in [2.24, 2.45) is 10.9 Å². The molecule has 1 aromatic heterocycles. The number of rotatable bonds is 12. The molecule has 302 valence electrons. The molecule has 0 saturated heterocycles. The molecule has 14 nitrogen and oxygen atoms in total. The van der Waals surface area contributed by atoms with Crippen LogP contribution in [0.25, 0.3) is 21.7 Å². The van der Waals surface area contributed by atoms with E-state index in [1.54, 1.807) is 19.2 Å². The van der Waals surface area contributed by atoms with Gasteiger partial charge >= 0.3 is 0 Å². The third-order valence-electron chi connectivity index (χ3n) is 12.2. The van der Waals surface area contributed by atoms with Crippen LogP contribution in [0.3, 0.4) is 0 Å². The van der Waals surface area contributed by atoms with Gasteiger partial charge in [-0.1, -0.05) is 25.3 Å². The zero-order chi connectivity index (χ0) is 40.2. The highest BCUT2D eigenvalue weighted by molar-refractivity contribution is 5.96. The smallest absolute Gasteiger partial charge is 0.193 e. The van der Waals surface area contributed by atoms with E-state index in [1.807, 2.05) is 24.1 Å². The number of phenols is 2. The Morgan fingerprint density at radius 1 is 1.04 bits per heavy atom. The number of fused-ring (bicyclic) bond motifs is 4. The third kappa shape index (κ3) is 7.09. The predicted octanol–water partition coefficient (Wildman–Crippen LogP) is 3.98. The second-order valence-corrected chi connectivity index (χ2v) is 16.0. The molecule has 0 bridgehead atoms. The number of aliphatic hydroxyl groups is 5. The molecule has 0 unspecified atom stereocenters. The summed E-state index contributed by atoms with van der Waals surface area (Å²) >= 11 is 0. The minimum absolute atomic E-state index is 0.0201. The minimum Gasteiger partial charge on any atom is -0.508 e. The maximum Gasteiger partial charge on any atom is 0.193 e. The van der Waals surface area contributed by atoms with E-state index in [0.717, 1.165) is 43.4 Å². The number of anilines is 1. The molecule has 14 heteroatoms. The van der Waals surface area contributed by atoms with E-state index in [2.05, 4.69) is 4.99 Å². The molecule has 4 aliphatic rings. The fraction of sp³-hybridized carbons (Fsp3) is 0.442. The number of ether oxygens (including phenoxy) is 1. The maximum atomic E-state index is 13.5. The predicted molar refractivity (Wildman–Crippen MR) is 210 cm³/mol. The Hall–Kier alpha value is -4.80. The Labute approximate surface area is 328 Å². The van der Waals surface area contributed by atoms with Crippen molar-refractivity contribution in [2.75, 3.05) is 24.7 Å². The number of benzene rings is 3. The number of aliphatic imine (C=N–C) groups is 1. The van der Waals surface area contributed by atoms with Crippen molar-refractivity contribution >= 4 is 33.6 Å². The van der Waals surface area contributed by atoms with Crippen molar-refractivity contribution in [3.63, 3.8) is 0 Å². The lowest BCUT2D eigenvalue weighted by atomic mass is 9.72. The Bertz CT molecular complexity index is 2350. The first-order chi connectivity index (χ1) is 27.3. The van der Waals surface area contributed by atoms with Crippen molar-refractivity contribution in [1.29, 1.82) is 0 Å². The molecular weight excluding hydrogens is 736 g/mol. The second-order valence-electron chi connectivity index (χ2n) is 16.0. The van der Waals surface area contributed by atoms with E-state index in [-0.39, 0.29) is 29.3 Å². The van der Waals surface area contributed by atoms with Gasteiger partial charge in [-0.3, -0.25) is 9.79 Å². The summed E-state index contributed by atoms with van der Waals surface area (Å²) in [5.41, 5.74) is 0.353. The summed E-state index contributed by atoms with van der Waals surface area (Å²) in [5.74, 6) is 0.855. The molecule has 0 amide bonds. The summed E-state index contributed by atoms with van der Waals surface area (Å²) < 4.78 is 13.4. The summed E-state index contributed by atoms with van der Waals surface area (Å²) in [6.45, 7) is 2.59. The van der Waals surface area contributed by atoms with Crippen LogP contribution in [0.4, 0.5) is 5.69 Å². The van der Waals surface area contributed by atoms with Gasteiger partial charge in [0.1, 0.15) is 65.2 Å². The highest BCUT2D eigenvalue weighted by Gasteiger charge is 2.51. The van der Waals surface area contributed by atoms with Crippen LogP contribution in [0, 0.1) is 12.8 Å². The number of allylic oxidation sites excluding steroid dienone is 1. The van der Waals surface area contributed by atoms with E-state index < -0.39 is 55.3 Å². The highest BCUT2D eigenvalue weighted by Crippen LogP contribution is 2.51. The van der Waals surface area contributed by atoms with Crippen LogP contribution >= 0.6 is 0 Å². The molecular formula is C43H48N2O12. The molecule has 8 rings (SSSR count). The standard InChI is InChI=1S/C43H48N2O12/c1-23-14-34(49)31-15-26-16-36(42(2,27-6-4-3-5-7-27)56-39(26)37(40(31)55-23)45-19-25-12-13-44-32(25)20-45)57-54-22-43(53,41(52)38(51)35(50)21-46)18-24-8-11-33(48)29-10-9-28(47)17-30(24)29/h8-15,17,20,27,35-36,38,41,46-48,50-53H,3-7,16,18-19,21-22H2,1-2H3/t35-,36-,38-,41+,42-,43+/m1/s1. The number of nitrogens with zero attached hydrogens (tertiary/aromatic N) is 2. The van der Waals surface area contributed by atoms with Gasteiger partial charge in [-0.2, -0.15) is 0 Å². The van der Waals surface area contributed by atoms with Gasteiger partial charge in [-0.25, -0.2) is 9.78 Å². The topological polar surface area (TPSA) is 215 Å². The first-order valence-corrected chi connectivity index (χ1v) is 19.4. The molecule has 4 heterocycles. The first-order valence-electron chi connectivity index (χ1n) is 19.4. The van der Waals surface area contributed by atoms with Crippen LogP contribution in [0.1, 0.15) is 55.9 Å². The van der Waals surface area contributed by atoms with Gasteiger partial charge in [0.05, 0.1) is 24.2 Å². The van der Waals surface area contributed by atoms with Gasteiger partial charge < -0.3 is 49.8 Å². The third-order valence-corrected chi connectivity index (χ3v) is 12.2. The van der Waals surface area contributed by atoms with Crippen molar-refractivity contribution in [1.82, 2.24) is 0 Å². The fourth-order valence-corrected chi connectivity index (χ4v) is 8.90. The van der Waals surface area contributed by atoms with E-state index in [1.165, 1.54) is 36.4 Å². The maximum absolute atomic E-state index is 13.5. The van der Waals surface area contributed by atoms with Gasteiger partial charge in [0.25, 0.3) is 0 Å². The van der Waals surface area contributed by atoms with Gasteiger partial charge in [-0.15, -0.1) is 0 Å². The number of phenolic OH excluding ortho intramolecular Hbond substituents is 2. The summed E-state index contributed by atoms with van der Waals surface area (Å²) in [7, 11) is 0. The lowest BCUT2D eigenvalue weighted by molar-refractivity contribution is -0.374. The molecule has 1 aliphatic carbocycles. The van der Waals surface area contributed by atoms with Crippen LogP contribution in [-0.4, -0.2) is 97.3 Å². The van der Waals surface area contributed by atoms with Crippen LogP contribution < -0.4 is 15.1 Å². The molecule has 7 N–H and O–H groups in total. The second kappa shape index (κ2) is 15.2. The van der Waals surface area contributed by atoms with Crippen LogP contribution in [0.5, 0.6) is 17.2 Å². The van der Waals surface area contributed by atoms with E-state index in [9.17, 15) is 40.5 Å². The molecule has 0 spiro atoms. The Morgan fingerprint density at radius 3 is 2.58 bits per heavy atom.